The Labute approximate surface area is 94.9 Å². The summed E-state index contributed by atoms with van der Waals surface area (Å²) in [5.74, 6) is -0.683. The lowest BCUT2D eigenvalue weighted by Gasteiger charge is -2.14. The Hall–Kier alpha value is -1.58. The first-order chi connectivity index (χ1) is 7.45. The van der Waals surface area contributed by atoms with Gasteiger partial charge in [-0.3, -0.25) is 9.59 Å². The normalized spacial score (nSPS) is 24.2. The third-order valence-electron chi connectivity index (χ3n) is 2.55. The monoisotopic (exact) mass is 224 g/mol. The van der Waals surface area contributed by atoms with Gasteiger partial charge in [-0.2, -0.15) is 0 Å². The SMILES string of the molecule is C=CC1=C(C)C(OC(C)=O)CC1OC(C)=O. The van der Waals surface area contributed by atoms with Crippen LogP contribution in [-0.2, 0) is 19.1 Å². The van der Waals surface area contributed by atoms with E-state index in [1.54, 1.807) is 6.08 Å². The number of rotatable bonds is 3. The Bertz CT molecular complexity index is 354. The minimum atomic E-state index is -0.348. The van der Waals surface area contributed by atoms with E-state index in [1.807, 2.05) is 6.92 Å². The number of esters is 2. The van der Waals surface area contributed by atoms with Gasteiger partial charge in [0, 0.05) is 20.3 Å². The fourth-order valence-electron chi connectivity index (χ4n) is 1.88. The van der Waals surface area contributed by atoms with Crippen LogP contribution >= 0.6 is 0 Å². The second kappa shape index (κ2) is 4.96. The molecular formula is C12H16O4. The van der Waals surface area contributed by atoms with Crippen molar-refractivity contribution in [2.75, 3.05) is 0 Å². The van der Waals surface area contributed by atoms with E-state index in [1.165, 1.54) is 13.8 Å². The zero-order chi connectivity index (χ0) is 12.3. The van der Waals surface area contributed by atoms with Gasteiger partial charge in [0.1, 0.15) is 12.2 Å². The van der Waals surface area contributed by atoms with Gasteiger partial charge >= 0.3 is 11.9 Å². The number of carbonyl (C=O) groups excluding carboxylic acids is 2. The van der Waals surface area contributed by atoms with Crippen LogP contribution in [0, 0.1) is 0 Å². The summed E-state index contributed by atoms with van der Waals surface area (Å²) < 4.78 is 10.3. The lowest BCUT2D eigenvalue weighted by atomic mass is 10.1. The molecule has 0 aliphatic heterocycles. The van der Waals surface area contributed by atoms with Crippen LogP contribution in [0.2, 0.25) is 0 Å². The van der Waals surface area contributed by atoms with Gasteiger partial charge in [-0.25, -0.2) is 0 Å². The van der Waals surface area contributed by atoms with Crippen molar-refractivity contribution in [1.82, 2.24) is 0 Å². The van der Waals surface area contributed by atoms with E-state index < -0.39 is 0 Å². The highest BCUT2D eigenvalue weighted by Gasteiger charge is 2.33. The topological polar surface area (TPSA) is 52.6 Å². The quantitative estimate of drug-likeness (QED) is 0.685. The summed E-state index contributed by atoms with van der Waals surface area (Å²) in [6.45, 7) is 8.25. The molecule has 0 saturated heterocycles. The second-order valence-electron chi connectivity index (χ2n) is 3.77. The van der Waals surface area contributed by atoms with E-state index in [4.69, 9.17) is 9.47 Å². The lowest BCUT2D eigenvalue weighted by Crippen LogP contribution is -2.20. The van der Waals surface area contributed by atoms with Crippen LogP contribution in [0.5, 0.6) is 0 Å². The van der Waals surface area contributed by atoms with Crippen LogP contribution in [0.4, 0.5) is 0 Å². The van der Waals surface area contributed by atoms with Crippen LogP contribution in [-0.4, -0.2) is 24.1 Å². The second-order valence-corrected chi connectivity index (χ2v) is 3.77. The number of hydrogen-bond acceptors (Lipinski definition) is 4. The molecule has 0 amide bonds. The third-order valence-corrected chi connectivity index (χ3v) is 2.55. The minimum absolute atomic E-state index is 0.310. The van der Waals surface area contributed by atoms with Gasteiger partial charge in [-0.1, -0.05) is 12.7 Å². The molecule has 1 rings (SSSR count). The average molecular weight is 224 g/mol. The highest BCUT2D eigenvalue weighted by molar-refractivity contribution is 5.68. The van der Waals surface area contributed by atoms with E-state index in [2.05, 4.69) is 6.58 Å². The molecule has 0 aromatic rings. The molecule has 0 saturated carbocycles. The molecule has 0 aromatic carbocycles. The molecule has 16 heavy (non-hydrogen) atoms. The predicted molar refractivity (Wildman–Crippen MR) is 58.6 cm³/mol. The first-order valence-electron chi connectivity index (χ1n) is 5.13. The van der Waals surface area contributed by atoms with Crippen molar-refractivity contribution in [3.63, 3.8) is 0 Å². The summed E-state index contributed by atoms with van der Waals surface area (Å²) in [6.07, 6.45) is 1.47. The summed E-state index contributed by atoms with van der Waals surface area (Å²) in [4.78, 5) is 21.8. The maximum absolute atomic E-state index is 10.9. The van der Waals surface area contributed by atoms with E-state index in [-0.39, 0.29) is 24.1 Å². The van der Waals surface area contributed by atoms with E-state index in [0.29, 0.717) is 6.42 Å². The van der Waals surface area contributed by atoms with Crippen LogP contribution in [0.15, 0.2) is 23.8 Å². The molecule has 88 valence electrons. The van der Waals surface area contributed by atoms with Crippen LogP contribution < -0.4 is 0 Å². The smallest absolute Gasteiger partial charge is 0.303 e. The van der Waals surface area contributed by atoms with Gasteiger partial charge in [-0.15, -0.1) is 0 Å². The summed E-state index contributed by atoms with van der Waals surface area (Å²) in [5, 5.41) is 0. The Morgan fingerprint density at radius 1 is 1.25 bits per heavy atom. The molecule has 0 spiro atoms. The molecular weight excluding hydrogens is 208 g/mol. The van der Waals surface area contributed by atoms with Gasteiger partial charge in [0.25, 0.3) is 0 Å². The molecule has 0 aromatic heterocycles. The summed E-state index contributed by atoms with van der Waals surface area (Å²) in [7, 11) is 0. The van der Waals surface area contributed by atoms with Crippen molar-refractivity contribution in [3.05, 3.63) is 23.8 Å². The highest BCUT2D eigenvalue weighted by atomic mass is 16.6. The molecule has 2 atom stereocenters. The summed E-state index contributed by atoms with van der Waals surface area (Å²) in [6, 6.07) is 0. The molecule has 4 nitrogen and oxygen atoms in total. The first-order valence-corrected chi connectivity index (χ1v) is 5.13. The molecule has 0 N–H and O–H groups in total. The largest absolute Gasteiger partial charge is 0.458 e. The van der Waals surface area contributed by atoms with E-state index in [0.717, 1.165) is 11.1 Å². The van der Waals surface area contributed by atoms with Gasteiger partial charge in [-0.05, 0) is 18.1 Å². The van der Waals surface area contributed by atoms with Gasteiger partial charge in [0.2, 0.25) is 0 Å². The Balaban J connectivity index is 2.83. The zero-order valence-electron chi connectivity index (χ0n) is 9.78. The average Bonchev–Trinajstić information content (AvgIpc) is 2.41. The van der Waals surface area contributed by atoms with Gasteiger partial charge in [0.05, 0.1) is 0 Å². The molecule has 0 heterocycles. The molecule has 0 fully saturated rings. The summed E-state index contributed by atoms with van der Waals surface area (Å²) in [5.41, 5.74) is 1.73. The molecule has 0 radical (unpaired) electrons. The maximum Gasteiger partial charge on any atom is 0.303 e. The molecule has 1 aliphatic rings. The van der Waals surface area contributed by atoms with Crippen LogP contribution in [0.25, 0.3) is 0 Å². The standard InChI is InChI=1S/C12H16O4/c1-5-10-7(2)11(15-8(3)13)6-12(10)16-9(4)14/h5,11-12H,1,6H2,2-4H3. The molecule has 1 aliphatic carbocycles. The third kappa shape index (κ3) is 2.72. The molecule has 4 heteroatoms. The number of carbonyl (C=O) groups is 2. The van der Waals surface area contributed by atoms with Crippen molar-refractivity contribution >= 4 is 11.9 Å². The number of hydrogen-bond donors (Lipinski definition) is 0. The van der Waals surface area contributed by atoms with Crippen molar-refractivity contribution < 1.29 is 19.1 Å². The van der Waals surface area contributed by atoms with Gasteiger partial charge < -0.3 is 9.47 Å². The predicted octanol–water partition coefficient (Wildman–Crippen LogP) is 1.76. The minimum Gasteiger partial charge on any atom is -0.458 e. The Kier molecular flexibility index (Phi) is 3.88. The maximum atomic E-state index is 10.9. The highest BCUT2D eigenvalue weighted by Crippen LogP contribution is 2.31. The Morgan fingerprint density at radius 2 is 1.75 bits per heavy atom. The zero-order valence-corrected chi connectivity index (χ0v) is 9.78. The van der Waals surface area contributed by atoms with Crippen molar-refractivity contribution in [1.29, 1.82) is 0 Å². The lowest BCUT2D eigenvalue weighted by molar-refractivity contribution is -0.147. The van der Waals surface area contributed by atoms with Crippen molar-refractivity contribution in [2.45, 2.75) is 39.4 Å². The fourth-order valence-corrected chi connectivity index (χ4v) is 1.88. The van der Waals surface area contributed by atoms with Gasteiger partial charge in [0.15, 0.2) is 0 Å². The van der Waals surface area contributed by atoms with E-state index >= 15 is 0 Å². The number of ether oxygens (including phenoxy) is 2. The van der Waals surface area contributed by atoms with Crippen LogP contribution in [0.3, 0.4) is 0 Å². The molecule has 0 bridgehead atoms. The van der Waals surface area contributed by atoms with Crippen molar-refractivity contribution in [2.24, 2.45) is 0 Å². The molecule has 2 unspecified atom stereocenters. The first kappa shape index (κ1) is 12.5. The Morgan fingerprint density at radius 3 is 2.19 bits per heavy atom. The van der Waals surface area contributed by atoms with Crippen molar-refractivity contribution in [3.8, 4) is 0 Å². The van der Waals surface area contributed by atoms with Crippen LogP contribution in [0.1, 0.15) is 27.2 Å². The van der Waals surface area contributed by atoms with E-state index in [9.17, 15) is 9.59 Å². The summed E-state index contributed by atoms with van der Waals surface area (Å²) >= 11 is 0. The fraction of sp³-hybridized carbons (Fsp3) is 0.500.